The number of aryl methyl sites for hydroxylation is 1. The molecule has 20 heteroatoms. The zero-order chi connectivity index (χ0) is 52.6. The Morgan fingerprint density at radius 2 is 1.48 bits per heavy atom. The molecule has 0 spiro atoms. The second-order valence-corrected chi connectivity index (χ2v) is 19.7. The molecule has 3 aliphatic rings. The summed E-state index contributed by atoms with van der Waals surface area (Å²) in [6.45, 7) is 4.04. The third-order valence-electron chi connectivity index (χ3n) is 13.9. The van der Waals surface area contributed by atoms with Gasteiger partial charge in [-0.15, -0.1) is 0 Å². The molecule has 0 aliphatic carbocycles. The Morgan fingerprint density at radius 3 is 2.22 bits per heavy atom. The topological polar surface area (TPSA) is 308 Å². The molecule has 6 rings (SSSR count). The number of aromatic hydroxyl groups is 1. The zero-order valence-electron chi connectivity index (χ0n) is 42.1. The van der Waals surface area contributed by atoms with Crippen molar-refractivity contribution in [3.05, 3.63) is 71.8 Å². The van der Waals surface area contributed by atoms with Gasteiger partial charge in [-0.1, -0.05) is 56.9 Å². The zero-order valence-corrected chi connectivity index (χ0v) is 42.1. The van der Waals surface area contributed by atoms with E-state index >= 15 is 0 Å². The minimum atomic E-state index is -1.61. The van der Waals surface area contributed by atoms with E-state index in [4.69, 9.17) is 16.2 Å². The average molecular weight is 1010 g/mol. The number of amides is 7. The summed E-state index contributed by atoms with van der Waals surface area (Å²) in [7, 11) is 0. The highest BCUT2D eigenvalue weighted by molar-refractivity contribution is 6.02. The van der Waals surface area contributed by atoms with Gasteiger partial charge in [0.05, 0.1) is 18.8 Å². The van der Waals surface area contributed by atoms with Crippen LogP contribution in [0.25, 0.3) is 10.8 Å². The van der Waals surface area contributed by atoms with Crippen LogP contribution in [0.3, 0.4) is 0 Å². The number of phenolic OH excluding ortho intramolecular Hbond substituents is 1. The summed E-state index contributed by atoms with van der Waals surface area (Å²) >= 11 is 0. The number of hydrogen-bond donors (Lipinski definition) is 10. The predicted octanol–water partition coefficient (Wildman–Crippen LogP) is 1.39. The van der Waals surface area contributed by atoms with Crippen LogP contribution in [0.5, 0.6) is 11.5 Å². The normalized spacial score (nSPS) is 25.2. The third-order valence-corrected chi connectivity index (χ3v) is 13.9. The van der Waals surface area contributed by atoms with Crippen molar-refractivity contribution in [2.45, 2.75) is 158 Å². The Hall–Kier alpha value is -6.35. The SMILES string of the molecule is CCCCCCCOc1ccc2cc(C(=O)N[C@H]3CCCNC(=O)[C@@H]4C[C@H](O)CN4C(=O)[C@H](CCCCN)NC(=O)[C@H](CCc4ccc(O)cc4)NC(=O)[C@@H]4C[C@H](N)CN4C(=O)[C@H]([C@@H](C)O)NC3=O)ccc2c1. The molecule has 20 nitrogen and oxygen atoms in total. The lowest BCUT2D eigenvalue weighted by Crippen LogP contribution is -2.61. The van der Waals surface area contributed by atoms with Gasteiger partial charge in [0.25, 0.3) is 5.91 Å². The summed E-state index contributed by atoms with van der Waals surface area (Å²) in [4.78, 5) is 102. The smallest absolute Gasteiger partial charge is 0.251 e. The number of nitrogens with zero attached hydrogens (tertiary/aromatic N) is 2. The number of nitrogens with two attached hydrogens (primary N) is 2. The number of nitrogens with one attached hydrogen (secondary N) is 5. The Balaban J connectivity index is 1.28. The Bertz CT molecular complexity index is 2390. The molecular weight excluding hydrogens is 939 g/mol. The molecule has 0 aromatic heterocycles. The summed E-state index contributed by atoms with van der Waals surface area (Å²) in [5.41, 5.74) is 13.1. The maximum absolute atomic E-state index is 14.5. The molecule has 12 N–H and O–H groups in total. The molecule has 0 unspecified atom stereocenters. The summed E-state index contributed by atoms with van der Waals surface area (Å²) in [5.74, 6) is -4.19. The molecule has 9 atom stereocenters. The van der Waals surface area contributed by atoms with Gasteiger partial charge in [-0.2, -0.15) is 0 Å². The third kappa shape index (κ3) is 15.6. The quantitative estimate of drug-likeness (QED) is 0.0857. The van der Waals surface area contributed by atoms with Crippen molar-refractivity contribution >= 4 is 52.1 Å². The van der Waals surface area contributed by atoms with Crippen LogP contribution < -0.4 is 42.8 Å². The Labute approximate surface area is 426 Å². The van der Waals surface area contributed by atoms with Gasteiger partial charge in [-0.05, 0) is 124 Å². The van der Waals surface area contributed by atoms with E-state index in [1.54, 1.807) is 30.3 Å². The van der Waals surface area contributed by atoms with Gasteiger partial charge in [-0.3, -0.25) is 33.6 Å². The molecule has 73 heavy (non-hydrogen) atoms. The fourth-order valence-corrected chi connectivity index (χ4v) is 9.72. The van der Waals surface area contributed by atoms with E-state index in [-0.39, 0.29) is 75.9 Å². The molecule has 3 fully saturated rings. The average Bonchev–Trinajstić information content (AvgIpc) is 3.97. The van der Waals surface area contributed by atoms with E-state index in [0.717, 1.165) is 46.9 Å². The largest absolute Gasteiger partial charge is 0.508 e. The first-order valence-corrected chi connectivity index (χ1v) is 25.9. The maximum atomic E-state index is 14.5. The van der Waals surface area contributed by atoms with Crippen LogP contribution in [-0.2, 0) is 35.2 Å². The highest BCUT2D eigenvalue weighted by atomic mass is 16.5. The number of rotatable bonds is 17. The highest BCUT2D eigenvalue weighted by Crippen LogP contribution is 2.25. The highest BCUT2D eigenvalue weighted by Gasteiger charge is 2.45. The molecule has 3 aliphatic heterocycles. The summed E-state index contributed by atoms with van der Waals surface area (Å²) in [6, 6.07) is 8.52. The number of carbonyl (C=O) groups excluding carboxylic acids is 7. The summed E-state index contributed by atoms with van der Waals surface area (Å²) in [6.07, 6.45) is 4.29. The van der Waals surface area contributed by atoms with Crippen LogP contribution in [0.4, 0.5) is 0 Å². The van der Waals surface area contributed by atoms with Crippen molar-refractivity contribution in [1.29, 1.82) is 0 Å². The number of aliphatic hydroxyl groups is 2. The molecule has 0 saturated carbocycles. The van der Waals surface area contributed by atoms with Crippen LogP contribution >= 0.6 is 0 Å². The van der Waals surface area contributed by atoms with E-state index in [2.05, 4.69) is 33.5 Å². The van der Waals surface area contributed by atoms with E-state index in [9.17, 15) is 48.9 Å². The molecular formula is C53H75N9O11. The Morgan fingerprint density at radius 1 is 0.781 bits per heavy atom. The van der Waals surface area contributed by atoms with Crippen LogP contribution in [0, 0.1) is 0 Å². The van der Waals surface area contributed by atoms with E-state index in [0.29, 0.717) is 31.7 Å². The predicted molar refractivity (Wildman–Crippen MR) is 273 cm³/mol. The van der Waals surface area contributed by atoms with Gasteiger partial charge < -0.3 is 67.9 Å². The van der Waals surface area contributed by atoms with E-state index in [1.807, 2.05) is 18.2 Å². The second-order valence-electron chi connectivity index (χ2n) is 19.7. The molecule has 398 valence electrons. The van der Waals surface area contributed by atoms with Gasteiger partial charge >= 0.3 is 0 Å². The maximum Gasteiger partial charge on any atom is 0.251 e. The summed E-state index contributed by atoms with van der Waals surface area (Å²) < 4.78 is 5.98. The molecule has 3 heterocycles. The minimum Gasteiger partial charge on any atom is -0.508 e. The fraction of sp³-hybridized carbons (Fsp3) is 0.566. The van der Waals surface area contributed by atoms with Crippen molar-refractivity contribution in [1.82, 2.24) is 36.4 Å². The lowest BCUT2D eigenvalue weighted by molar-refractivity contribution is -0.144. The van der Waals surface area contributed by atoms with Crippen LogP contribution in [-0.4, -0.2) is 154 Å². The lowest BCUT2D eigenvalue weighted by Gasteiger charge is -2.32. The van der Waals surface area contributed by atoms with Gasteiger partial charge in [-0.25, -0.2) is 0 Å². The van der Waals surface area contributed by atoms with Gasteiger partial charge in [0.1, 0.15) is 47.8 Å². The number of phenols is 1. The molecule has 0 bridgehead atoms. The first-order chi connectivity index (χ1) is 35.1. The molecule has 0 radical (unpaired) electrons. The van der Waals surface area contributed by atoms with Gasteiger partial charge in [0.2, 0.25) is 35.4 Å². The number of unbranched alkanes of at least 4 members (excludes halogenated alkanes) is 5. The lowest BCUT2D eigenvalue weighted by atomic mass is 10.0. The number of fused-ring (bicyclic) bond motifs is 3. The number of benzene rings is 3. The van der Waals surface area contributed by atoms with Crippen molar-refractivity contribution in [3.8, 4) is 11.5 Å². The Kier molecular flexibility index (Phi) is 20.8. The van der Waals surface area contributed by atoms with Crippen molar-refractivity contribution in [2.24, 2.45) is 11.5 Å². The first-order valence-electron chi connectivity index (χ1n) is 25.9. The standard InChI is InChI=1S/C53H75N9O11/c1-3-4-5-6-9-25-73-40-21-18-34-26-36(17-16-35(34)27-40)47(66)57-41-12-10-24-56-50(69)45-29-39(65)31-62(45)52(71)43(11-7-8-23-54)59-48(67)42(22-15-33-13-19-38(64)20-14-33)58-51(70)44-28-37(55)30-61(44)53(72)46(32(2)63)60-49(41)68/h13-14,16-21,26-27,32,37,39,41-46,63-65H,3-12,15,22-25,28-31,54-55H2,1-2H3,(H,56,69)(H,57,66)(H,58,70)(H,59,67)(H,60,68)/t32-,37+,39+,41+,42+,43+,44+,45+,46+/m1/s1. The van der Waals surface area contributed by atoms with Gasteiger partial charge in [0.15, 0.2) is 0 Å². The van der Waals surface area contributed by atoms with Crippen LogP contribution in [0.2, 0.25) is 0 Å². The van der Waals surface area contributed by atoms with Crippen molar-refractivity contribution in [2.75, 3.05) is 32.8 Å². The van der Waals surface area contributed by atoms with Crippen molar-refractivity contribution < 1.29 is 53.6 Å². The van der Waals surface area contributed by atoms with Gasteiger partial charge in [0, 0.05) is 37.7 Å². The number of ether oxygens (including phenoxy) is 1. The molecule has 7 amide bonds. The molecule has 3 saturated heterocycles. The monoisotopic (exact) mass is 1010 g/mol. The number of hydrogen-bond acceptors (Lipinski definition) is 13. The first kappa shape index (κ1) is 56.0. The van der Waals surface area contributed by atoms with E-state index < -0.39 is 95.9 Å². The second kappa shape index (κ2) is 27.1. The molecule has 3 aromatic rings. The van der Waals surface area contributed by atoms with Crippen molar-refractivity contribution in [3.63, 3.8) is 0 Å². The number of carbonyl (C=O) groups is 7. The van der Waals surface area contributed by atoms with E-state index in [1.165, 1.54) is 30.4 Å². The van der Waals surface area contributed by atoms with Crippen LogP contribution in [0.1, 0.15) is 113 Å². The fourth-order valence-electron chi connectivity index (χ4n) is 9.72. The van der Waals surface area contributed by atoms with Crippen LogP contribution in [0.15, 0.2) is 60.7 Å². The molecule has 3 aromatic carbocycles. The summed E-state index contributed by atoms with van der Waals surface area (Å²) in [5, 5.41) is 47.1. The minimum absolute atomic E-state index is 0.0140. The number of aliphatic hydroxyl groups excluding tert-OH is 2.